The van der Waals surface area contributed by atoms with Gasteiger partial charge >= 0.3 is 6.03 Å². The normalized spacial score (nSPS) is 11.6. The van der Waals surface area contributed by atoms with Crippen LogP contribution in [0.1, 0.15) is 56.2 Å². The maximum Gasteiger partial charge on any atom is 0.333 e. The van der Waals surface area contributed by atoms with Crippen molar-refractivity contribution in [3.63, 3.8) is 0 Å². The van der Waals surface area contributed by atoms with Crippen LogP contribution < -0.4 is 15.4 Å². The summed E-state index contributed by atoms with van der Waals surface area (Å²) in [5, 5.41) is 5.18. The Kier molecular flexibility index (Phi) is 6.60. The third kappa shape index (κ3) is 4.98. The van der Waals surface area contributed by atoms with Crippen LogP contribution in [0.2, 0.25) is 0 Å². The van der Waals surface area contributed by atoms with Crippen LogP contribution in [0.25, 0.3) is 0 Å². The molecule has 0 spiro atoms. The summed E-state index contributed by atoms with van der Waals surface area (Å²) < 4.78 is 27.0. The summed E-state index contributed by atoms with van der Waals surface area (Å²) in [6.45, 7) is 10.1. The number of carbonyl (C=O) groups excluding carboxylic acids is 1. The molecular weight excluding hydrogens is 378 g/mol. The van der Waals surface area contributed by atoms with Gasteiger partial charge in [0.2, 0.25) is 0 Å². The van der Waals surface area contributed by atoms with Gasteiger partial charge in [0.15, 0.2) is 5.03 Å². The molecule has 0 saturated heterocycles. The largest absolute Gasteiger partial charge is 0.373 e. The number of aromatic nitrogens is 2. The quantitative estimate of drug-likeness (QED) is 0.633. The highest BCUT2D eigenvalue weighted by Crippen LogP contribution is 2.33. The van der Waals surface area contributed by atoms with Crippen molar-refractivity contribution in [1.82, 2.24) is 14.7 Å². The molecule has 1 aromatic carbocycles. The number of carbonyl (C=O) groups is 1. The third-order valence-electron chi connectivity index (χ3n) is 4.23. The van der Waals surface area contributed by atoms with Gasteiger partial charge in [0.05, 0.1) is 0 Å². The summed E-state index contributed by atoms with van der Waals surface area (Å²) in [4.78, 5) is 20.1. The standard InChI is InChI=1S/C19H27N5O3S/c1-11(2)14-7-13(5)8-15(12(3)4)18(14)23-19(25)24-28(26,27)17-9-16(20-6)21-10-22-17/h7-12H,1-6H3,(H,20,21,22)(H2,23,24,25). The predicted molar refractivity (Wildman–Crippen MR) is 110 cm³/mol. The Morgan fingerprint density at radius 2 is 1.57 bits per heavy atom. The number of urea groups is 1. The van der Waals surface area contributed by atoms with Gasteiger partial charge in [0.1, 0.15) is 12.1 Å². The molecule has 152 valence electrons. The molecule has 0 saturated carbocycles. The molecule has 0 bridgehead atoms. The highest BCUT2D eigenvalue weighted by Gasteiger charge is 2.22. The van der Waals surface area contributed by atoms with Crippen LogP contribution >= 0.6 is 0 Å². The van der Waals surface area contributed by atoms with E-state index in [1.807, 2.05) is 51.5 Å². The number of anilines is 2. The summed E-state index contributed by atoms with van der Waals surface area (Å²) in [6, 6.07) is 4.42. The first-order valence-corrected chi connectivity index (χ1v) is 10.5. The number of aryl methyl sites for hydroxylation is 1. The number of hydrogen-bond donors (Lipinski definition) is 3. The molecule has 2 amide bonds. The molecule has 28 heavy (non-hydrogen) atoms. The zero-order valence-electron chi connectivity index (χ0n) is 17.0. The molecule has 0 fully saturated rings. The second-order valence-corrected chi connectivity index (χ2v) is 8.81. The zero-order chi connectivity index (χ0) is 21.1. The number of nitrogens with zero attached hydrogens (tertiary/aromatic N) is 2. The van der Waals surface area contributed by atoms with Crippen LogP contribution in [0, 0.1) is 6.92 Å². The number of sulfonamides is 1. The molecular formula is C19H27N5O3S. The van der Waals surface area contributed by atoms with Gasteiger partial charge in [-0.3, -0.25) is 0 Å². The fourth-order valence-corrected chi connectivity index (χ4v) is 3.69. The summed E-state index contributed by atoms with van der Waals surface area (Å²) in [5.41, 5.74) is 3.64. The van der Waals surface area contributed by atoms with Crippen molar-refractivity contribution in [3.8, 4) is 0 Å². The molecule has 9 heteroatoms. The van der Waals surface area contributed by atoms with Crippen molar-refractivity contribution < 1.29 is 13.2 Å². The van der Waals surface area contributed by atoms with E-state index in [1.165, 1.54) is 6.07 Å². The van der Waals surface area contributed by atoms with Crippen molar-refractivity contribution in [1.29, 1.82) is 0 Å². The first-order valence-electron chi connectivity index (χ1n) is 9.03. The molecule has 8 nitrogen and oxygen atoms in total. The minimum Gasteiger partial charge on any atom is -0.373 e. The Labute approximate surface area is 166 Å². The highest BCUT2D eigenvalue weighted by molar-refractivity contribution is 7.90. The van der Waals surface area contributed by atoms with Crippen LogP contribution in [0.3, 0.4) is 0 Å². The maximum atomic E-state index is 12.5. The number of hydrogen-bond acceptors (Lipinski definition) is 6. The predicted octanol–water partition coefficient (Wildman–Crippen LogP) is 3.58. The number of benzene rings is 1. The van der Waals surface area contributed by atoms with E-state index in [4.69, 9.17) is 0 Å². The van der Waals surface area contributed by atoms with Crippen molar-refractivity contribution >= 4 is 27.6 Å². The second kappa shape index (κ2) is 8.55. The van der Waals surface area contributed by atoms with E-state index in [-0.39, 0.29) is 16.9 Å². The molecule has 1 heterocycles. The van der Waals surface area contributed by atoms with Gasteiger partial charge < -0.3 is 10.6 Å². The van der Waals surface area contributed by atoms with Crippen LogP contribution in [-0.4, -0.2) is 31.5 Å². The minimum atomic E-state index is -4.14. The lowest BCUT2D eigenvalue weighted by molar-refractivity contribution is 0.256. The van der Waals surface area contributed by atoms with Gasteiger partial charge in [0.25, 0.3) is 10.0 Å². The Bertz CT molecular complexity index is 942. The Balaban J connectivity index is 2.34. The van der Waals surface area contributed by atoms with Gasteiger partial charge in [-0.2, -0.15) is 8.42 Å². The fraction of sp³-hybridized carbons (Fsp3) is 0.421. The zero-order valence-corrected chi connectivity index (χ0v) is 17.8. The average molecular weight is 406 g/mol. The lowest BCUT2D eigenvalue weighted by Gasteiger charge is -2.21. The molecule has 0 atom stereocenters. The van der Waals surface area contributed by atoms with E-state index in [1.54, 1.807) is 7.05 Å². The lowest BCUT2D eigenvalue weighted by atomic mass is 9.90. The summed E-state index contributed by atoms with van der Waals surface area (Å²) >= 11 is 0. The molecule has 0 aliphatic heterocycles. The van der Waals surface area contributed by atoms with Crippen LogP contribution in [0.5, 0.6) is 0 Å². The smallest absolute Gasteiger partial charge is 0.333 e. The van der Waals surface area contributed by atoms with Crippen LogP contribution in [-0.2, 0) is 10.0 Å². The first kappa shape index (κ1) is 21.6. The van der Waals surface area contributed by atoms with Gasteiger partial charge in [-0.1, -0.05) is 45.4 Å². The summed E-state index contributed by atoms with van der Waals surface area (Å²) in [6.07, 6.45) is 1.12. The number of nitrogens with one attached hydrogen (secondary N) is 3. The minimum absolute atomic E-state index is 0.157. The fourth-order valence-electron chi connectivity index (χ4n) is 2.83. The van der Waals surface area contributed by atoms with E-state index >= 15 is 0 Å². The maximum absolute atomic E-state index is 12.5. The van der Waals surface area contributed by atoms with E-state index < -0.39 is 16.1 Å². The van der Waals surface area contributed by atoms with Gasteiger partial charge in [-0.25, -0.2) is 19.5 Å². The van der Waals surface area contributed by atoms with Crippen molar-refractivity contribution in [2.75, 3.05) is 17.7 Å². The highest BCUT2D eigenvalue weighted by atomic mass is 32.2. The number of rotatable bonds is 6. The van der Waals surface area contributed by atoms with E-state index in [0.717, 1.165) is 23.0 Å². The van der Waals surface area contributed by atoms with Gasteiger partial charge in [-0.05, 0) is 29.9 Å². The summed E-state index contributed by atoms with van der Waals surface area (Å²) in [5.74, 6) is 0.646. The van der Waals surface area contributed by atoms with Gasteiger partial charge in [-0.15, -0.1) is 0 Å². The SMILES string of the molecule is CNc1cc(S(=O)(=O)NC(=O)Nc2c(C(C)C)cc(C)cc2C(C)C)ncn1. The molecule has 0 radical (unpaired) electrons. The van der Waals surface area contributed by atoms with Crippen molar-refractivity contribution in [3.05, 3.63) is 41.2 Å². The van der Waals surface area contributed by atoms with E-state index in [0.29, 0.717) is 11.5 Å². The van der Waals surface area contributed by atoms with Crippen molar-refractivity contribution in [2.45, 2.75) is 51.5 Å². The first-order chi connectivity index (χ1) is 13.0. The van der Waals surface area contributed by atoms with E-state index in [9.17, 15) is 13.2 Å². The monoisotopic (exact) mass is 405 g/mol. The molecule has 2 rings (SSSR count). The lowest BCUT2D eigenvalue weighted by Crippen LogP contribution is -2.35. The number of amides is 2. The topological polar surface area (TPSA) is 113 Å². The Morgan fingerprint density at radius 1 is 1.00 bits per heavy atom. The van der Waals surface area contributed by atoms with Crippen LogP contribution in [0.4, 0.5) is 16.3 Å². The molecule has 1 aromatic heterocycles. The van der Waals surface area contributed by atoms with E-state index in [2.05, 4.69) is 20.6 Å². The molecule has 2 aromatic rings. The second-order valence-electron chi connectivity index (χ2n) is 7.18. The Morgan fingerprint density at radius 3 is 2.07 bits per heavy atom. The summed E-state index contributed by atoms with van der Waals surface area (Å²) in [7, 11) is -2.53. The molecule has 3 N–H and O–H groups in total. The Hall–Kier alpha value is -2.68. The van der Waals surface area contributed by atoms with Crippen molar-refractivity contribution in [2.24, 2.45) is 0 Å². The molecule has 0 aliphatic rings. The molecule has 0 aliphatic carbocycles. The van der Waals surface area contributed by atoms with Gasteiger partial charge in [0, 0.05) is 18.8 Å². The van der Waals surface area contributed by atoms with Crippen LogP contribution in [0.15, 0.2) is 29.6 Å². The average Bonchev–Trinajstić information content (AvgIpc) is 2.62. The molecule has 0 unspecified atom stereocenters. The third-order valence-corrected chi connectivity index (χ3v) is 5.45.